The predicted octanol–water partition coefficient (Wildman–Crippen LogP) is 6.53. The average molecular weight is 351 g/mol. The lowest BCUT2D eigenvalue weighted by atomic mass is 10.1. The minimum Gasteiger partial charge on any atom is -0.506 e. The SMILES string of the molecule is Oc1cc(C=Cc2ccccc2)ccc1N=Nc1cccc2cccnc12. The molecule has 0 fully saturated rings. The summed E-state index contributed by atoms with van der Waals surface area (Å²) < 4.78 is 0. The molecule has 0 atom stereocenters. The van der Waals surface area contributed by atoms with E-state index in [1.807, 2.05) is 78.9 Å². The predicted molar refractivity (Wildman–Crippen MR) is 109 cm³/mol. The molecule has 0 bridgehead atoms. The van der Waals surface area contributed by atoms with Crippen LogP contribution in [0.5, 0.6) is 5.75 Å². The van der Waals surface area contributed by atoms with Crippen LogP contribution in [-0.4, -0.2) is 10.1 Å². The van der Waals surface area contributed by atoms with E-state index in [9.17, 15) is 5.11 Å². The summed E-state index contributed by atoms with van der Waals surface area (Å²) in [6.45, 7) is 0. The van der Waals surface area contributed by atoms with Crippen LogP contribution in [0, 0.1) is 0 Å². The van der Waals surface area contributed by atoms with Gasteiger partial charge in [-0.2, -0.15) is 0 Å². The first-order chi connectivity index (χ1) is 13.3. The summed E-state index contributed by atoms with van der Waals surface area (Å²) in [4.78, 5) is 4.36. The van der Waals surface area contributed by atoms with Gasteiger partial charge in [0.2, 0.25) is 0 Å². The van der Waals surface area contributed by atoms with Crippen LogP contribution in [0.25, 0.3) is 23.1 Å². The van der Waals surface area contributed by atoms with Crippen molar-refractivity contribution >= 4 is 34.4 Å². The van der Waals surface area contributed by atoms with Gasteiger partial charge in [0.1, 0.15) is 17.1 Å². The molecule has 27 heavy (non-hydrogen) atoms. The highest BCUT2D eigenvalue weighted by molar-refractivity contribution is 5.88. The lowest BCUT2D eigenvalue weighted by molar-refractivity contribution is 0.476. The number of para-hydroxylation sites is 1. The Bertz CT molecular complexity index is 1130. The average Bonchev–Trinajstić information content (AvgIpc) is 2.72. The fourth-order valence-electron chi connectivity index (χ4n) is 2.76. The number of phenolic OH excluding ortho intramolecular Hbond substituents is 1. The van der Waals surface area contributed by atoms with Crippen LogP contribution in [-0.2, 0) is 0 Å². The number of hydrogen-bond acceptors (Lipinski definition) is 4. The Kier molecular flexibility index (Phi) is 4.70. The van der Waals surface area contributed by atoms with E-state index in [1.165, 1.54) is 0 Å². The van der Waals surface area contributed by atoms with Crippen molar-refractivity contribution in [3.63, 3.8) is 0 Å². The molecule has 0 aliphatic rings. The molecule has 1 aromatic heterocycles. The summed E-state index contributed by atoms with van der Waals surface area (Å²) in [7, 11) is 0. The van der Waals surface area contributed by atoms with Gasteiger partial charge >= 0.3 is 0 Å². The Morgan fingerprint density at radius 1 is 0.704 bits per heavy atom. The molecule has 0 saturated carbocycles. The Labute approximate surface area is 157 Å². The molecule has 1 heterocycles. The first-order valence-corrected chi connectivity index (χ1v) is 8.61. The fourth-order valence-corrected chi connectivity index (χ4v) is 2.76. The molecule has 3 aromatic carbocycles. The molecule has 130 valence electrons. The molecule has 1 N–H and O–H groups in total. The second-order valence-electron chi connectivity index (χ2n) is 6.04. The van der Waals surface area contributed by atoms with Crippen molar-refractivity contribution < 1.29 is 5.11 Å². The van der Waals surface area contributed by atoms with E-state index in [2.05, 4.69) is 15.2 Å². The van der Waals surface area contributed by atoms with E-state index in [1.54, 1.807) is 18.3 Å². The number of pyridine rings is 1. The highest BCUT2D eigenvalue weighted by atomic mass is 16.3. The maximum Gasteiger partial charge on any atom is 0.143 e. The first-order valence-electron chi connectivity index (χ1n) is 8.61. The zero-order valence-electron chi connectivity index (χ0n) is 14.5. The standard InChI is InChI=1S/C23H17N3O/c27-22-16-18(12-11-17-6-2-1-3-7-17)13-14-20(22)25-26-21-10-4-8-19-9-5-15-24-23(19)21/h1-16,27H. The van der Waals surface area contributed by atoms with Gasteiger partial charge in [0.25, 0.3) is 0 Å². The largest absolute Gasteiger partial charge is 0.506 e. The molecule has 0 radical (unpaired) electrons. The summed E-state index contributed by atoms with van der Waals surface area (Å²) in [6.07, 6.45) is 5.68. The van der Waals surface area contributed by atoms with Gasteiger partial charge in [-0.15, -0.1) is 10.2 Å². The number of benzene rings is 3. The number of fused-ring (bicyclic) bond motifs is 1. The molecule has 4 nitrogen and oxygen atoms in total. The maximum absolute atomic E-state index is 10.3. The summed E-state index contributed by atoms with van der Waals surface area (Å²) in [5.74, 6) is 0.0853. The summed E-state index contributed by atoms with van der Waals surface area (Å²) in [6, 6.07) is 24.9. The highest BCUT2D eigenvalue weighted by Crippen LogP contribution is 2.31. The molecule has 0 amide bonds. The number of aromatic nitrogens is 1. The molecular weight excluding hydrogens is 334 g/mol. The number of nitrogens with zero attached hydrogens (tertiary/aromatic N) is 3. The van der Waals surface area contributed by atoms with Crippen LogP contribution < -0.4 is 0 Å². The zero-order chi connectivity index (χ0) is 18.5. The van der Waals surface area contributed by atoms with E-state index in [4.69, 9.17) is 0 Å². The number of phenols is 1. The van der Waals surface area contributed by atoms with Crippen molar-refractivity contribution in [3.8, 4) is 5.75 Å². The van der Waals surface area contributed by atoms with Crippen LogP contribution in [0.2, 0.25) is 0 Å². The Balaban J connectivity index is 1.58. The van der Waals surface area contributed by atoms with Crippen LogP contribution in [0.4, 0.5) is 11.4 Å². The third-order valence-corrected chi connectivity index (χ3v) is 4.14. The Morgan fingerprint density at radius 3 is 2.33 bits per heavy atom. The quantitative estimate of drug-likeness (QED) is 0.336. The molecule has 0 saturated heterocycles. The van der Waals surface area contributed by atoms with Crippen LogP contribution in [0.15, 0.2) is 95.3 Å². The van der Waals surface area contributed by atoms with E-state index in [0.29, 0.717) is 11.4 Å². The third kappa shape index (κ3) is 3.90. The molecule has 0 aliphatic carbocycles. The minimum absolute atomic E-state index is 0.0853. The zero-order valence-corrected chi connectivity index (χ0v) is 14.5. The van der Waals surface area contributed by atoms with Gasteiger partial charge in [-0.25, -0.2) is 0 Å². The van der Waals surface area contributed by atoms with Gasteiger partial charge in [-0.1, -0.05) is 66.7 Å². The van der Waals surface area contributed by atoms with Crippen molar-refractivity contribution in [2.24, 2.45) is 10.2 Å². The van der Waals surface area contributed by atoms with Gasteiger partial charge in [-0.05, 0) is 35.4 Å². The van der Waals surface area contributed by atoms with Crippen molar-refractivity contribution in [2.45, 2.75) is 0 Å². The molecule has 0 spiro atoms. The second kappa shape index (κ2) is 7.62. The van der Waals surface area contributed by atoms with E-state index in [-0.39, 0.29) is 5.75 Å². The van der Waals surface area contributed by atoms with Crippen molar-refractivity contribution in [3.05, 3.63) is 96.2 Å². The van der Waals surface area contributed by atoms with E-state index < -0.39 is 0 Å². The molecule has 4 rings (SSSR count). The maximum atomic E-state index is 10.3. The van der Waals surface area contributed by atoms with Gasteiger partial charge in [0, 0.05) is 11.6 Å². The summed E-state index contributed by atoms with van der Waals surface area (Å²) >= 11 is 0. The molecule has 0 aliphatic heterocycles. The second-order valence-corrected chi connectivity index (χ2v) is 6.04. The molecular formula is C23H17N3O. The number of aromatic hydroxyl groups is 1. The lowest BCUT2D eigenvalue weighted by Crippen LogP contribution is -1.77. The van der Waals surface area contributed by atoms with E-state index >= 15 is 0 Å². The van der Waals surface area contributed by atoms with Gasteiger partial charge in [0.05, 0.1) is 5.52 Å². The third-order valence-electron chi connectivity index (χ3n) is 4.14. The highest BCUT2D eigenvalue weighted by Gasteiger charge is 2.03. The topological polar surface area (TPSA) is 57.8 Å². The summed E-state index contributed by atoms with van der Waals surface area (Å²) in [5, 5.41) is 19.7. The van der Waals surface area contributed by atoms with Crippen molar-refractivity contribution in [2.75, 3.05) is 0 Å². The minimum atomic E-state index is 0.0853. The van der Waals surface area contributed by atoms with Gasteiger partial charge in [0.15, 0.2) is 0 Å². The Hall–Kier alpha value is -3.79. The number of azo groups is 1. The van der Waals surface area contributed by atoms with Crippen LogP contribution >= 0.6 is 0 Å². The Morgan fingerprint density at radius 2 is 1.48 bits per heavy atom. The van der Waals surface area contributed by atoms with Gasteiger partial charge in [-0.3, -0.25) is 4.98 Å². The lowest BCUT2D eigenvalue weighted by Gasteiger charge is -2.02. The smallest absolute Gasteiger partial charge is 0.143 e. The first kappa shape index (κ1) is 16.7. The monoisotopic (exact) mass is 351 g/mol. The molecule has 4 heteroatoms. The number of rotatable bonds is 4. The van der Waals surface area contributed by atoms with Crippen molar-refractivity contribution in [1.82, 2.24) is 4.98 Å². The van der Waals surface area contributed by atoms with E-state index in [0.717, 1.165) is 22.0 Å². The molecule has 4 aromatic rings. The normalized spacial score (nSPS) is 11.6. The molecule has 0 unspecified atom stereocenters. The van der Waals surface area contributed by atoms with Crippen LogP contribution in [0.1, 0.15) is 11.1 Å². The fraction of sp³-hybridized carbons (Fsp3) is 0. The number of hydrogen-bond donors (Lipinski definition) is 1. The van der Waals surface area contributed by atoms with Crippen molar-refractivity contribution in [1.29, 1.82) is 0 Å². The van der Waals surface area contributed by atoms with Gasteiger partial charge < -0.3 is 5.11 Å². The van der Waals surface area contributed by atoms with Crippen LogP contribution in [0.3, 0.4) is 0 Å². The summed E-state index contributed by atoms with van der Waals surface area (Å²) in [5.41, 5.74) is 3.86.